The summed E-state index contributed by atoms with van der Waals surface area (Å²) in [5.41, 5.74) is 1.85. The molecule has 0 spiro atoms. The minimum atomic E-state index is 0.229. The first-order valence-electron chi connectivity index (χ1n) is 7.41. The van der Waals surface area contributed by atoms with Crippen molar-refractivity contribution in [2.24, 2.45) is 0 Å². The molecule has 0 saturated carbocycles. The van der Waals surface area contributed by atoms with Gasteiger partial charge in [0, 0.05) is 18.8 Å². The Morgan fingerprint density at radius 2 is 2.17 bits per heavy atom. The molecule has 0 radical (unpaired) electrons. The summed E-state index contributed by atoms with van der Waals surface area (Å²) in [7, 11) is 0. The topological polar surface area (TPSA) is 81.0 Å². The molecule has 0 fully saturated rings. The van der Waals surface area contributed by atoms with Gasteiger partial charge in [0.25, 0.3) is 0 Å². The summed E-state index contributed by atoms with van der Waals surface area (Å²) in [5.74, 6) is 0.409. The van der Waals surface area contributed by atoms with Crippen molar-refractivity contribution < 1.29 is 5.11 Å². The van der Waals surface area contributed by atoms with E-state index in [1.807, 2.05) is 35.7 Å². The largest absolute Gasteiger partial charge is 0.396 e. The second-order valence-corrected chi connectivity index (χ2v) is 7.01. The fourth-order valence-corrected chi connectivity index (χ4v) is 3.70. The van der Waals surface area contributed by atoms with E-state index in [1.54, 1.807) is 22.7 Å². The van der Waals surface area contributed by atoms with E-state index in [2.05, 4.69) is 15.6 Å². The molecule has 5 nitrogen and oxygen atoms in total. The van der Waals surface area contributed by atoms with Crippen molar-refractivity contribution in [2.45, 2.75) is 12.8 Å². The highest BCUT2D eigenvalue weighted by Gasteiger charge is 2.07. The van der Waals surface area contributed by atoms with Crippen molar-refractivity contribution in [3.05, 3.63) is 40.6 Å². The molecule has 0 saturated heterocycles. The minimum Gasteiger partial charge on any atom is -0.396 e. The zero-order chi connectivity index (χ0) is 16.1. The van der Waals surface area contributed by atoms with Crippen LogP contribution in [-0.4, -0.2) is 29.1 Å². The number of hydrogen-bond acceptors (Lipinski definition) is 6. The average Bonchev–Trinajstić information content (AvgIpc) is 3.20. The van der Waals surface area contributed by atoms with Crippen molar-refractivity contribution in [2.75, 3.05) is 23.8 Å². The lowest BCUT2D eigenvalue weighted by Crippen LogP contribution is -2.09. The van der Waals surface area contributed by atoms with E-state index in [4.69, 9.17) is 10.5 Å². The monoisotopic (exact) mass is 346 g/mol. The number of benzene rings is 1. The molecule has 0 atom stereocenters. The molecule has 3 aromatic rings. The van der Waals surface area contributed by atoms with Gasteiger partial charge in [0.05, 0.1) is 15.1 Å². The van der Waals surface area contributed by atoms with E-state index < -0.39 is 0 Å². The molecule has 0 aliphatic carbocycles. The number of rotatable bonds is 7. The Morgan fingerprint density at radius 1 is 1.26 bits per heavy atom. The molecule has 0 bridgehead atoms. The molecule has 3 rings (SSSR count). The molecule has 23 heavy (non-hydrogen) atoms. The van der Waals surface area contributed by atoms with Crippen LogP contribution in [0.2, 0.25) is 0 Å². The number of unbranched alkanes of at least 4 members (excludes halogenated alkanes) is 1. The second kappa shape index (κ2) is 7.54. The standard InChI is InChI=1S/C16H18N4OS2/c17-15(13-4-3-9-22-13)19-11-5-6-12-14(10-11)23-16(20-12)18-7-1-2-8-21/h3-6,9-10,21H,1-2,7-8H2,(H2,17,19)(H,18,20). The molecule has 0 unspecified atom stereocenters. The fourth-order valence-electron chi connectivity index (χ4n) is 2.14. The van der Waals surface area contributed by atoms with Crippen LogP contribution in [0.25, 0.3) is 10.2 Å². The van der Waals surface area contributed by atoms with Crippen LogP contribution in [0.5, 0.6) is 0 Å². The first-order chi connectivity index (χ1) is 11.3. The highest BCUT2D eigenvalue weighted by Crippen LogP contribution is 2.28. The van der Waals surface area contributed by atoms with E-state index in [1.165, 1.54) is 0 Å². The lowest BCUT2D eigenvalue weighted by atomic mass is 10.3. The number of aromatic nitrogens is 1. The molecule has 4 N–H and O–H groups in total. The van der Waals surface area contributed by atoms with Crippen LogP contribution in [0.15, 0.2) is 35.7 Å². The summed E-state index contributed by atoms with van der Waals surface area (Å²) in [6.07, 6.45) is 1.73. The molecular weight excluding hydrogens is 328 g/mol. The number of nitrogens with one attached hydrogen (secondary N) is 3. The van der Waals surface area contributed by atoms with E-state index in [9.17, 15) is 0 Å². The summed E-state index contributed by atoms with van der Waals surface area (Å²) in [6.45, 7) is 1.04. The van der Waals surface area contributed by atoms with E-state index >= 15 is 0 Å². The second-order valence-electron chi connectivity index (χ2n) is 5.04. The lowest BCUT2D eigenvalue weighted by molar-refractivity contribution is 0.286. The smallest absolute Gasteiger partial charge is 0.183 e. The number of thiophene rings is 1. The Kier molecular flexibility index (Phi) is 5.22. The third-order valence-corrected chi connectivity index (χ3v) is 5.15. The van der Waals surface area contributed by atoms with Gasteiger partial charge in [-0.15, -0.1) is 11.3 Å². The van der Waals surface area contributed by atoms with Crippen LogP contribution in [0.3, 0.4) is 0 Å². The van der Waals surface area contributed by atoms with Gasteiger partial charge >= 0.3 is 0 Å². The van der Waals surface area contributed by atoms with E-state index in [0.29, 0.717) is 5.84 Å². The van der Waals surface area contributed by atoms with Gasteiger partial charge in [-0.25, -0.2) is 4.98 Å². The highest BCUT2D eigenvalue weighted by molar-refractivity contribution is 7.22. The van der Waals surface area contributed by atoms with Crippen LogP contribution in [0.4, 0.5) is 10.8 Å². The Hall–Kier alpha value is -1.96. The predicted octanol–water partition coefficient (Wildman–Crippen LogP) is 3.98. The number of amidine groups is 1. The van der Waals surface area contributed by atoms with Crippen molar-refractivity contribution in [3.63, 3.8) is 0 Å². The van der Waals surface area contributed by atoms with Gasteiger partial charge in [-0.3, -0.25) is 5.41 Å². The number of anilines is 2. The number of thiazole rings is 1. The Balaban J connectivity index is 1.68. The number of aliphatic hydroxyl groups is 1. The normalized spacial score (nSPS) is 10.8. The van der Waals surface area contributed by atoms with E-state index in [-0.39, 0.29) is 6.61 Å². The Morgan fingerprint density at radius 3 is 2.96 bits per heavy atom. The Labute approximate surface area is 142 Å². The van der Waals surface area contributed by atoms with Crippen molar-refractivity contribution >= 4 is 49.5 Å². The Bertz CT molecular complexity index is 783. The maximum absolute atomic E-state index is 8.78. The van der Waals surface area contributed by atoms with Gasteiger partial charge in [-0.2, -0.15) is 0 Å². The third kappa shape index (κ3) is 4.07. The molecule has 0 amide bonds. The number of fused-ring (bicyclic) bond motifs is 1. The van der Waals surface area contributed by atoms with Gasteiger partial charge in [0.15, 0.2) is 5.13 Å². The van der Waals surface area contributed by atoms with Gasteiger partial charge in [0.1, 0.15) is 5.84 Å². The predicted molar refractivity (Wildman–Crippen MR) is 99.2 cm³/mol. The summed E-state index contributed by atoms with van der Waals surface area (Å²) in [4.78, 5) is 5.46. The van der Waals surface area contributed by atoms with Crippen LogP contribution in [-0.2, 0) is 0 Å². The summed E-state index contributed by atoms with van der Waals surface area (Å²) >= 11 is 3.15. The zero-order valence-electron chi connectivity index (χ0n) is 12.5. The average molecular weight is 346 g/mol. The van der Waals surface area contributed by atoms with Crippen LogP contribution < -0.4 is 10.6 Å². The number of aliphatic hydroxyl groups excluding tert-OH is 1. The van der Waals surface area contributed by atoms with Gasteiger partial charge in [-0.1, -0.05) is 17.4 Å². The first kappa shape index (κ1) is 15.9. The molecule has 120 valence electrons. The van der Waals surface area contributed by atoms with E-state index in [0.717, 1.165) is 45.3 Å². The first-order valence-corrected chi connectivity index (χ1v) is 9.10. The van der Waals surface area contributed by atoms with Crippen molar-refractivity contribution in [1.82, 2.24) is 4.98 Å². The van der Waals surface area contributed by atoms with Gasteiger partial charge in [-0.05, 0) is 42.5 Å². The minimum absolute atomic E-state index is 0.229. The highest BCUT2D eigenvalue weighted by atomic mass is 32.1. The lowest BCUT2D eigenvalue weighted by Gasteiger charge is -2.05. The van der Waals surface area contributed by atoms with Crippen molar-refractivity contribution in [3.8, 4) is 0 Å². The molecule has 1 aromatic carbocycles. The third-order valence-electron chi connectivity index (χ3n) is 3.29. The maximum atomic E-state index is 8.78. The van der Waals surface area contributed by atoms with Gasteiger partial charge in [0.2, 0.25) is 0 Å². The molecule has 0 aliphatic heterocycles. The van der Waals surface area contributed by atoms with Gasteiger partial charge < -0.3 is 15.7 Å². The van der Waals surface area contributed by atoms with Crippen molar-refractivity contribution in [1.29, 1.82) is 5.41 Å². The molecule has 2 heterocycles. The summed E-state index contributed by atoms with van der Waals surface area (Å²) < 4.78 is 1.08. The fraction of sp³-hybridized carbons (Fsp3) is 0.250. The maximum Gasteiger partial charge on any atom is 0.183 e. The SMILES string of the molecule is N=C(Nc1ccc2nc(NCCCCO)sc2c1)c1cccs1. The summed E-state index contributed by atoms with van der Waals surface area (Å²) in [6, 6.07) is 9.81. The zero-order valence-corrected chi connectivity index (χ0v) is 14.1. The number of nitrogens with zero attached hydrogens (tertiary/aromatic N) is 1. The quantitative estimate of drug-likeness (QED) is 0.296. The number of hydrogen-bond donors (Lipinski definition) is 4. The van der Waals surface area contributed by atoms with Crippen LogP contribution >= 0.6 is 22.7 Å². The molecule has 7 heteroatoms. The van der Waals surface area contributed by atoms with Crippen LogP contribution in [0.1, 0.15) is 17.7 Å². The molecular formula is C16H18N4OS2. The van der Waals surface area contributed by atoms with Crippen LogP contribution in [0, 0.1) is 5.41 Å². The molecule has 0 aliphatic rings. The molecule has 2 aromatic heterocycles. The summed E-state index contributed by atoms with van der Waals surface area (Å²) in [5, 5.41) is 26.1.